The van der Waals surface area contributed by atoms with E-state index in [2.05, 4.69) is 70.3 Å². The van der Waals surface area contributed by atoms with Gasteiger partial charge < -0.3 is 4.57 Å². The van der Waals surface area contributed by atoms with E-state index >= 15 is 0 Å². The van der Waals surface area contributed by atoms with Crippen LogP contribution in [-0.2, 0) is 6.42 Å². The number of pyridine rings is 1. The second-order valence-electron chi connectivity index (χ2n) is 5.30. The van der Waals surface area contributed by atoms with Gasteiger partial charge in [-0.15, -0.1) is 11.8 Å². The van der Waals surface area contributed by atoms with Gasteiger partial charge in [0.05, 0.1) is 0 Å². The number of nitrogens with zero attached hydrogens (tertiary/aromatic N) is 3. The maximum atomic E-state index is 4.55. The van der Waals surface area contributed by atoms with E-state index in [4.69, 9.17) is 0 Å². The summed E-state index contributed by atoms with van der Waals surface area (Å²) < 4.78 is 2.24. The fraction of sp³-hybridized carbons (Fsp3) is 0.222. The van der Waals surface area contributed by atoms with Gasteiger partial charge in [-0.05, 0) is 49.4 Å². The summed E-state index contributed by atoms with van der Waals surface area (Å²) in [6.07, 6.45) is 10.7. The Kier molecular flexibility index (Phi) is 4.59. The lowest BCUT2D eigenvalue weighted by molar-refractivity contribution is 0.549. The highest BCUT2D eigenvalue weighted by Crippen LogP contribution is 2.25. The Labute approximate surface area is 135 Å². The van der Waals surface area contributed by atoms with Crippen molar-refractivity contribution in [3.05, 3.63) is 66.7 Å². The Bertz CT molecular complexity index is 720. The van der Waals surface area contributed by atoms with Crippen LogP contribution in [0, 0.1) is 0 Å². The maximum absolute atomic E-state index is 4.55. The van der Waals surface area contributed by atoms with Crippen molar-refractivity contribution in [1.82, 2.24) is 14.5 Å². The predicted molar refractivity (Wildman–Crippen MR) is 92.1 cm³/mol. The van der Waals surface area contributed by atoms with Crippen LogP contribution in [0.5, 0.6) is 0 Å². The zero-order valence-electron chi connectivity index (χ0n) is 12.8. The van der Waals surface area contributed by atoms with Crippen molar-refractivity contribution < 1.29 is 0 Å². The monoisotopic (exact) mass is 309 g/mol. The molecule has 0 aliphatic rings. The summed E-state index contributed by atoms with van der Waals surface area (Å²) in [5, 5.41) is 0. The topological polar surface area (TPSA) is 30.7 Å². The minimum Gasteiger partial charge on any atom is -0.328 e. The normalized spacial score (nSPS) is 12.3. The third kappa shape index (κ3) is 3.22. The van der Waals surface area contributed by atoms with Crippen molar-refractivity contribution in [2.45, 2.75) is 24.3 Å². The number of thioether (sulfide) groups is 1. The average molecular weight is 309 g/mol. The first-order chi connectivity index (χ1) is 10.8. The van der Waals surface area contributed by atoms with Crippen LogP contribution in [0.1, 0.15) is 18.5 Å². The van der Waals surface area contributed by atoms with E-state index in [1.165, 1.54) is 10.5 Å². The first kappa shape index (κ1) is 14.9. The van der Waals surface area contributed by atoms with Gasteiger partial charge in [0.25, 0.3) is 0 Å². The third-order valence-electron chi connectivity index (χ3n) is 3.77. The van der Waals surface area contributed by atoms with E-state index in [1.807, 2.05) is 18.6 Å². The van der Waals surface area contributed by atoms with Crippen LogP contribution in [0.2, 0.25) is 0 Å². The van der Waals surface area contributed by atoms with Crippen molar-refractivity contribution in [3.63, 3.8) is 0 Å². The number of aromatic nitrogens is 3. The van der Waals surface area contributed by atoms with E-state index in [1.54, 1.807) is 11.8 Å². The zero-order chi connectivity index (χ0) is 15.4. The standard InChI is InChI=1S/C18H19N3S/c1-14(13-15-7-9-19-10-8-15)21-12-11-20-18(21)16-3-5-17(22-2)6-4-16/h3-12,14H,13H2,1-2H3/t14-/m1/s1. The lowest BCUT2D eigenvalue weighted by Gasteiger charge is -2.16. The van der Waals surface area contributed by atoms with Crippen LogP contribution in [0.25, 0.3) is 11.4 Å². The summed E-state index contributed by atoms with van der Waals surface area (Å²) in [7, 11) is 0. The van der Waals surface area contributed by atoms with Gasteiger partial charge in [0.2, 0.25) is 0 Å². The summed E-state index contributed by atoms with van der Waals surface area (Å²) in [5.41, 5.74) is 2.45. The number of imidazole rings is 1. The molecule has 22 heavy (non-hydrogen) atoms. The van der Waals surface area contributed by atoms with Crippen molar-refractivity contribution in [2.24, 2.45) is 0 Å². The second-order valence-corrected chi connectivity index (χ2v) is 6.17. The number of rotatable bonds is 5. The van der Waals surface area contributed by atoms with E-state index < -0.39 is 0 Å². The van der Waals surface area contributed by atoms with Crippen LogP contribution >= 0.6 is 11.8 Å². The molecule has 2 aromatic heterocycles. The summed E-state index contributed by atoms with van der Waals surface area (Å²) in [6.45, 7) is 2.22. The van der Waals surface area contributed by atoms with E-state index in [-0.39, 0.29) is 0 Å². The third-order valence-corrected chi connectivity index (χ3v) is 4.52. The molecule has 0 amide bonds. The molecule has 0 aliphatic heterocycles. The molecule has 0 bridgehead atoms. The minimum absolute atomic E-state index is 0.347. The molecular weight excluding hydrogens is 290 g/mol. The van der Waals surface area contributed by atoms with Gasteiger partial charge in [0, 0.05) is 41.3 Å². The van der Waals surface area contributed by atoms with Gasteiger partial charge in [-0.1, -0.05) is 12.1 Å². The van der Waals surface area contributed by atoms with Crippen LogP contribution < -0.4 is 0 Å². The highest BCUT2D eigenvalue weighted by molar-refractivity contribution is 7.98. The molecule has 0 saturated heterocycles. The highest BCUT2D eigenvalue weighted by Gasteiger charge is 2.12. The molecule has 4 heteroatoms. The first-order valence-corrected chi connectivity index (χ1v) is 8.56. The van der Waals surface area contributed by atoms with Crippen molar-refractivity contribution in [3.8, 4) is 11.4 Å². The number of benzene rings is 1. The van der Waals surface area contributed by atoms with Crippen molar-refractivity contribution in [2.75, 3.05) is 6.26 Å². The molecule has 0 fully saturated rings. The van der Waals surface area contributed by atoms with E-state index in [0.717, 1.165) is 17.8 Å². The molecule has 0 unspecified atom stereocenters. The Hall–Kier alpha value is -2.07. The molecule has 1 atom stereocenters. The predicted octanol–water partition coefficient (Wildman–Crippen LogP) is 4.47. The van der Waals surface area contributed by atoms with Gasteiger partial charge in [-0.25, -0.2) is 4.98 Å². The van der Waals surface area contributed by atoms with Gasteiger partial charge in [-0.2, -0.15) is 0 Å². The largest absolute Gasteiger partial charge is 0.328 e. The van der Waals surface area contributed by atoms with Crippen LogP contribution in [-0.4, -0.2) is 20.8 Å². The van der Waals surface area contributed by atoms with Crippen molar-refractivity contribution in [1.29, 1.82) is 0 Å². The van der Waals surface area contributed by atoms with Gasteiger partial charge in [-0.3, -0.25) is 4.98 Å². The van der Waals surface area contributed by atoms with Gasteiger partial charge >= 0.3 is 0 Å². The zero-order valence-corrected chi connectivity index (χ0v) is 13.6. The highest BCUT2D eigenvalue weighted by atomic mass is 32.2. The lowest BCUT2D eigenvalue weighted by Crippen LogP contribution is -2.09. The van der Waals surface area contributed by atoms with Crippen molar-refractivity contribution >= 4 is 11.8 Å². The molecule has 3 rings (SSSR count). The van der Waals surface area contributed by atoms with Crippen LogP contribution in [0.15, 0.2) is 66.1 Å². The Balaban J connectivity index is 1.84. The minimum atomic E-state index is 0.347. The molecule has 3 nitrogen and oxygen atoms in total. The molecular formula is C18H19N3S. The lowest BCUT2D eigenvalue weighted by atomic mass is 10.1. The average Bonchev–Trinajstić information content (AvgIpc) is 3.05. The number of hydrogen-bond acceptors (Lipinski definition) is 3. The SMILES string of the molecule is CSc1ccc(-c2nccn2[C@H](C)Cc2ccncc2)cc1. The smallest absolute Gasteiger partial charge is 0.140 e. The molecule has 2 heterocycles. The quantitative estimate of drug-likeness (QED) is 0.651. The summed E-state index contributed by atoms with van der Waals surface area (Å²) in [6, 6.07) is 13.1. The molecule has 3 aromatic rings. The molecule has 1 aromatic carbocycles. The van der Waals surface area contributed by atoms with Crippen LogP contribution in [0.4, 0.5) is 0 Å². The molecule has 0 saturated carbocycles. The molecule has 0 radical (unpaired) electrons. The maximum Gasteiger partial charge on any atom is 0.140 e. The summed E-state index contributed by atoms with van der Waals surface area (Å²) >= 11 is 1.75. The fourth-order valence-corrected chi connectivity index (χ4v) is 3.00. The van der Waals surface area contributed by atoms with Gasteiger partial charge in [0.1, 0.15) is 5.82 Å². The fourth-order valence-electron chi connectivity index (χ4n) is 2.59. The number of hydrogen-bond donors (Lipinski definition) is 0. The van der Waals surface area contributed by atoms with Crippen LogP contribution in [0.3, 0.4) is 0 Å². The molecule has 0 aliphatic carbocycles. The second kappa shape index (κ2) is 6.79. The summed E-state index contributed by atoms with van der Waals surface area (Å²) in [5.74, 6) is 1.02. The van der Waals surface area contributed by atoms with E-state index in [9.17, 15) is 0 Å². The summed E-state index contributed by atoms with van der Waals surface area (Å²) in [4.78, 5) is 9.89. The molecule has 112 valence electrons. The Morgan fingerprint density at radius 1 is 1.05 bits per heavy atom. The Morgan fingerprint density at radius 2 is 1.77 bits per heavy atom. The van der Waals surface area contributed by atoms with E-state index in [0.29, 0.717) is 6.04 Å². The Morgan fingerprint density at radius 3 is 2.45 bits per heavy atom. The molecule has 0 spiro atoms. The first-order valence-electron chi connectivity index (χ1n) is 7.34. The van der Waals surface area contributed by atoms with Gasteiger partial charge in [0.15, 0.2) is 0 Å². The molecule has 0 N–H and O–H groups in total.